The van der Waals surface area contributed by atoms with E-state index in [1.807, 2.05) is 6.92 Å². The van der Waals surface area contributed by atoms with Crippen molar-refractivity contribution in [2.24, 2.45) is 0 Å². The topological polar surface area (TPSA) is 139 Å². The number of rotatable bonds is 11. The first-order chi connectivity index (χ1) is 14.9. The molecule has 0 amide bonds. The molecule has 0 aliphatic rings. The molecular formula is C20H24N6O4S. The maximum absolute atomic E-state index is 12.2. The van der Waals surface area contributed by atoms with Crippen LogP contribution in [-0.4, -0.2) is 54.9 Å². The number of anilines is 2. The number of aromatic nitrogens is 4. The number of nitrogens with zero attached hydrogens (tertiary/aromatic N) is 3. The zero-order valence-electron chi connectivity index (χ0n) is 17.2. The van der Waals surface area contributed by atoms with E-state index >= 15 is 0 Å². The van der Waals surface area contributed by atoms with Gasteiger partial charge in [0.1, 0.15) is 12.1 Å². The quantitative estimate of drug-likeness (QED) is 0.302. The molecule has 1 aromatic carbocycles. The predicted molar refractivity (Wildman–Crippen MR) is 115 cm³/mol. The number of benzene rings is 1. The van der Waals surface area contributed by atoms with Crippen LogP contribution in [-0.2, 0) is 19.6 Å². The zero-order chi connectivity index (χ0) is 22.3. The van der Waals surface area contributed by atoms with Crippen LogP contribution >= 0.6 is 0 Å². The van der Waals surface area contributed by atoms with Gasteiger partial charge in [0.2, 0.25) is 16.0 Å². The van der Waals surface area contributed by atoms with Crippen molar-refractivity contribution in [3.63, 3.8) is 0 Å². The van der Waals surface area contributed by atoms with Gasteiger partial charge in [0.05, 0.1) is 29.1 Å². The number of carbonyl (C=O) groups excluding carboxylic acids is 1. The fourth-order valence-corrected chi connectivity index (χ4v) is 3.76. The molecule has 0 fully saturated rings. The third-order valence-corrected chi connectivity index (χ3v) is 5.94. The molecule has 31 heavy (non-hydrogen) atoms. The normalized spacial score (nSPS) is 12.5. The van der Waals surface area contributed by atoms with Crippen molar-refractivity contribution in [3.8, 4) is 11.4 Å². The van der Waals surface area contributed by atoms with Gasteiger partial charge in [0.15, 0.2) is 0 Å². The van der Waals surface area contributed by atoms with Crippen LogP contribution in [0, 0.1) is 0 Å². The van der Waals surface area contributed by atoms with E-state index in [2.05, 4.69) is 30.0 Å². The van der Waals surface area contributed by atoms with Gasteiger partial charge in [-0.3, -0.25) is 0 Å². The molecule has 0 spiro atoms. The summed E-state index contributed by atoms with van der Waals surface area (Å²) in [6.45, 7) is 2.41. The number of H-pyrrole nitrogens is 1. The van der Waals surface area contributed by atoms with Crippen LogP contribution in [0.2, 0.25) is 0 Å². The maximum Gasteiger partial charge on any atom is 0.240 e. The molecule has 2 heterocycles. The minimum Gasteiger partial charge on any atom is -0.383 e. The molecule has 3 rings (SSSR count). The standard InChI is InChI=1S/C20H24N6O4S/c1-14(8-11-27)19-22-13-18(25-19)17-7-9-21-20(26-17)24-15-3-5-16(6-4-15)31(28,29)23-10-12-30-2/h3-7,9,11,13-14,23H,8,10,12H2,1-2H3,(H,22,25)(H,21,24,26). The number of nitrogens with one attached hydrogen (secondary N) is 3. The molecule has 164 valence electrons. The summed E-state index contributed by atoms with van der Waals surface area (Å²) in [7, 11) is -2.09. The second-order valence-corrected chi connectivity index (χ2v) is 8.56. The Morgan fingerprint density at radius 1 is 1.19 bits per heavy atom. The molecule has 0 aliphatic heterocycles. The van der Waals surface area contributed by atoms with Gasteiger partial charge in [0, 0.05) is 37.9 Å². The fraction of sp³-hybridized carbons (Fsp3) is 0.300. The van der Waals surface area contributed by atoms with Crippen LogP contribution in [0.25, 0.3) is 11.4 Å². The third kappa shape index (κ3) is 5.94. The number of ether oxygens (including phenoxy) is 1. The molecule has 0 saturated heterocycles. The maximum atomic E-state index is 12.2. The van der Waals surface area contributed by atoms with E-state index in [4.69, 9.17) is 4.74 Å². The first kappa shape index (κ1) is 22.5. The van der Waals surface area contributed by atoms with Gasteiger partial charge >= 0.3 is 0 Å². The Bertz CT molecular complexity index is 1110. The molecule has 0 saturated carbocycles. The number of aromatic amines is 1. The van der Waals surface area contributed by atoms with Crippen molar-refractivity contribution in [1.82, 2.24) is 24.7 Å². The Labute approximate surface area is 180 Å². The highest BCUT2D eigenvalue weighted by atomic mass is 32.2. The second-order valence-electron chi connectivity index (χ2n) is 6.79. The van der Waals surface area contributed by atoms with Gasteiger partial charge in [-0.05, 0) is 30.3 Å². The third-order valence-electron chi connectivity index (χ3n) is 4.46. The van der Waals surface area contributed by atoms with Crippen LogP contribution < -0.4 is 10.0 Å². The summed E-state index contributed by atoms with van der Waals surface area (Å²) in [6.07, 6.45) is 4.53. The lowest BCUT2D eigenvalue weighted by molar-refractivity contribution is -0.108. The van der Waals surface area contributed by atoms with Gasteiger partial charge in [-0.25, -0.2) is 28.1 Å². The van der Waals surface area contributed by atoms with Crippen LogP contribution in [0.1, 0.15) is 25.1 Å². The van der Waals surface area contributed by atoms with Crippen LogP contribution in [0.15, 0.2) is 47.6 Å². The average molecular weight is 445 g/mol. The van der Waals surface area contributed by atoms with E-state index in [1.165, 1.54) is 19.2 Å². The Morgan fingerprint density at radius 3 is 2.68 bits per heavy atom. The summed E-state index contributed by atoms with van der Waals surface area (Å²) in [5.41, 5.74) is 1.98. The predicted octanol–water partition coefficient (Wildman–Crippen LogP) is 2.23. The largest absolute Gasteiger partial charge is 0.383 e. The molecule has 11 heteroatoms. The molecule has 0 radical (unpaired) electrons. The summed E-state index contributed by atoms with van der Waals surface area (Å²) in [4.78, 5) is 27.0. The van der Waals surface area contributed by atoms with E-state index in [0.29, 0.717) is 41.9 Å². The highest BCUT2D eigenvalue weighted by Crippen LogP contribution is 2.22. The molecular weight excluding hydrogens is 420 g/mol. The first-order valence-electron chi connectivity index (χ1n) is 9.60. The number of hydrogen-bond acceptors (Lipinski definition) is 8. The Kier molecular flexibility index (Phi) is 7.45. The van der Waals surface area contributed by atoms with Crippen molar-refractivity contribution >= 4 is 27.9 Å². The number of imidazole rings is 1. The lowest BCUT2D eigenvalue weighted by Gasteiger charge is -2.09. The SMILES string of the molecule is COCCNS(=O)(=O)c1ccc(Nc2nccc(-c3cnc(C(C)CC=O)[nH]3)n2)cc1. The van der Waals surface area contributed by atoms with Crippen molar-refractivity contribution in [3.05, 3.63) is 48.5 Å². The highest BCUT2D eigenvalue weighted by Gasteiger charge is 2.14. The minimum absolute atomic E-state index is 0.00976. The fourth-order valence-electron chi connectivity index (χ4n) is 2.75. The summed E-state index contributed by atoms with van der Waals surface area (Å²) in [6, 6.07) is 8.01. The van der Waals surface area contributed by atoms with Gasteiger partial charge in [-0.2, -0.15) is 0 Å². The zero-order valence-corrected chi connectivity index (χ0v) is 18.0. The van der Waals surface area contributed by atoms with E-state index < -0.39 is 10.0 Å². The van der Waals surface area contributed by atoms with Crippen molar-refractivity contribution < 1.29 is 17.9 Å². The molecule has 10 nitrogen and oxygen atoms in total. The Morgan fingerprint density at radius 2 is 1.97 bits per heavy atom. The van der Waals surface area contributed by atoms with Crippen LogP contribution in [0.5, 0.6) is 0 Å². The van der Waals surface area contributed by atoms with Gasteiger partial charge in [-0.15, -0.1) is 0 Å². The van der Waals surface area contributed by atoms with Crippen molar-refractivity contribution in [2.75, 3.05) is 25.6 Å². The van der Waals surface area contributed by atoms with Crippen LogP contribution in [0.3, 0.4) is 0 Å². The van der Waals surface area contributed by atoms with Gasteiger partial charge < -0.3 is 19.8 Å². The molecule has 0 aliphatic carbocycles. The second kappa shape index (κ2) is 10.2. The molecule has 1 atom stereocenters. The smallest absolute Gasteiger partial charge is 0.240 e. The lowest BCUT2D eigenvalue weighted by atomic mass is 10.1. The Hall–Kier alpha value is -3.15. The average Bonchev–Trinajstić information content (AvgIpc) is 3.25. The minimum atomic E-state index is -3.60. The molecule has 3 N–H and O–H groups in total. The van der Waals surface area contributed by atoms with E-state index in [1.54, 1.807) is 30.6 Å². The van der Waals surface area contributed by atoms with Crippen molar-refractivity contribution in [1.29, 1.82) is 0 Å². The highest BCUT2D eigenvalue weighted by molar-refractivity contribution is 7.89. The van der Waals surface area contributed by atoms with Gasteiger partial charge in [-0.1, -0.05) is 6.92 Å². The summed E-state index contributed by atoms with van der Waals surface area (Å²) < 4.78 is 31.8. The van der Waals surface area contributed by atoms with Crippen LogP contribution in [0.4, 0.5) is 11.6 Å². The first-order valence-corrected chi connectivity index (χ1v) is 11.1. The molecule has 2 aromatic heterocycles. The number of carbonyl (C=O) groups is 1. The van der Waals surface area contributed by atoms with E-state index in [-0.39, 0.29) is 17.4 Å². The molecule has 1 unspecified atom stereocenters. The van der Waals surface area contributed by atoms with E-state index in [9.17, 15) is 13.2 Å². The molecule has 3 aromatic rings. The summed E-state index contributed by atoms with van der Waals surface area (Å²) in [5.74, 6) is 1.05. The number of hydrogen-bond donors (Lipinski definition) is 3. The summed E-state index contributed by atoms with van der Waals surface area (Å²) in [5, 5.41) is 3.06. The monoisotopic (exact) mass is 444 g/mol. The van der Waals surface area contributed by atoms with Gasteiger partial charge in [0.25, 0.3) is 0 Å². The van der Waals surface area contributed by atoms with E-state index in [0.717, 1.165) is 6.29 Å². The number of sulfonamides is 1. The Balaban J connectivity index is 1.71. The van der Waals surface area contributed by atoms with Crippen molar-refractivity contribution in [2.45, 2.75) is 24.2 Å². The number of methoxy groups -OCH3 is 1. The summed E-state index contributed by atoms with van der Waals surface area (Å²) >= 11 is 0. The molecule has 0 bridgehead atoms. The lowest BCUT2D eigenvalue weighted by Crippen LogP contribution is -2.27. The number of aldehydes is 1.